The minimum Gasteiger partial charge on any atom is -0.496 e. The molecular weight excluding hydrogens is 532 g/mol. The molecular formula is C32H46N6O4. The number of carbonyl (C=O) groups is 1. The van der Waals surface area contributed by atoms with Crippen LogP contribution >= 0.6 is 0 Å². The molecule has 0 radical (unpaired) electrons. The SMILES string of the molecule is C=CC(=O)N1CCN(C2NC(OCC3CCCN3C)NC3C[C@]4(CCC32)Cc2c(cccc2OC)CO4)CC1CC#N. The van der Waals surface area contributed by atoms with Gasteiger partial charge in [0, 0.05) is 49.6 Å². The Bertz CT molecular complexity index is 1180. The standard InChI is InChI=1S/C32H46N6O4/c1-4-29(39)38-16-15-37(19-23(38)11-13-33)30-25-10-12-32(17-26-22(20-42-32)7-5-9-28(26)40-3)18-27(25)34-31(35-30)41-21-24-8-6-14-36(24)2/h4-5,7,9,23-25,27,30-31,34-35H,1,6,8,10-12,14-21H2,2-3H3/t23?,24?,25?,27?,30?,31?,32-/m0/s1. The lowest BCUT2D eigenvalue weighted by atomic mass is 9.69. The number of likely N-dealkylation sites (tertiary alicyclic amines) is 1. The van der Waals surface area contributed by atoms with Gasteiger partial charge in [0.25, 0.3) is 0 Å². The molecule has 0 bridgehead atoms. The summed E-state index contributed by atoms with van der Waals surface area (Å²) in [5.41, 5.74) is 2.25. The molecule has 5 aliphatic rings. The smallest absolute Gasteiger partial charge is 0.246 e. The minimum atomic E-state index is -0.284. The third-order valence-corrected chi connectivity index (χ3v) is 10.4. The first-order chi connectivity index (χ1) is 20.4. The van der Waals surface area contributed by atoms with E-state index >= 15 is 0 Å². The lowest BCUT2D eigenvalue weighted by Crippen LogP contribution is -2.73. The Morgan fingerprint density at radius 1 is 1.26 bits per heavy atom. The first-order valence-corrected chi connectivity index (χ1v) is 15.6. The van der Waals surface area contributed by atoms with Crippen molar-refractivity contribution in [2.45, 2.75) is 87.8 Å². The Balaban J connectivity index is 1.22. The summed E-state index contributed by atoms with van der Waals surface area (Å²) < 4.78 is 19.0. The molecule has 1 spiro atoms. The lowest BCUT2D eigenvalue weighted by molar-refractivity contribution is -0.153. The number of nitrogens with zero attached hydrogens (tertiary/aromatic N) is 4. The molecule has 2 N–H and O–H groups in total. The van der Waals surface area contributed by atoms with E-state index < -0.39 is 0 Å². The van der Waals surface area contributed by atoms with Crippen molar-refractivity contribution in [1.82, 2.24) is 25.3 Å². The molecule has 10 nitrogen and oxygen atoms in total. The molecule has 1 amide bonds. The molecule has 4 heterocycles. The average Bonchev–Trinajstić information content (AvgIpc) is 3.43. The Morgan fingerprint density at radius 3 is 2.90 bits per heavy atom. The number of nitrogens with one attached hydrogen (secondary N) is 2. The van der Waals surface area contributed by atoms with E-state index in [9.17, 15) is 10.1 Å². The highest BCUT2D eigenvalue weighted by molar-refractivity contribution is 5.87. The highest BCUT2D eigenvalue weighted by Gasteiger charge is 2.51. The van der Waals surface area contributed by atoms with Crippen molar-refractivity contribution in [3.8, 4) is 11.8 Å². The molecule has 42 heavy (non-hydrogen) atoms. The van der Waals surface area contributed by atoms with Gasteiger partial charge in [0.15, 0.2) is 6.35 Å². The molecule has 4 aliphatic heterocycles. The Kier molecular flexibility index (Phi) is 8.87. The van der Waals surface area contributed by atoms with E-state index in [2.05, 4.69) is 52.3 Å². The number of hydrogen-bond donors (Lipinski definition) is 2. The van der Waals surface area contributed by atoms with Gasteiger partial charge < -0.3 is 24.0 Å². The molecule has 1 aromatic rings. The van der Waals surface area contributed by atoms with Crippen molar-refractivity contribution in [3.05, 3.63) is 42.0 Å². The van der Waals surface area contributed by atoms with Crippen LogP contribution in [0.15, 0.2) is 30.9 Å². The molecule has 1 saturated carbocycles. The van der Waals surface area contributed by atoms with Crippen molar-refractivity contribution in [1.29, 1.82) is 5.26 Å². The van der Waals surface area contributed by atoms with Crippen LogP contribution in [0.5, 0.6) is 5.75 Å². The molecule has 6 rings (SSSR count). The van der Waals surface area contributed by atoms with Crippen molar-refractivity contribution in [3.63, 3.8) is 0 Å². The number of carbonyl (C=O) groups excluding carboxylic acids is 1. The maximum atomic E-state index is 12.6. The fourth-order valence-electron chi connectivity index (χ4n) is 8.09. The number of piperazine rings is 1. The highest BCUT2D eigenvalue weighted by Crippen LogP contribution is 2.45. The van der Waals surface area contributed by atoms with E-state index in [1.165, 1.54) is 23.6 Å². The van der Waals surface area contributed by atoms with Gasteiger partial charge in [-0.2, -0.15) is 5.26 Å². The fourth-order valence-corrected chi connectivity index (χ4v) is 8.09. The van der Waals surface area contributed by atoms with Crippen LogP contribution in [-0.4, -0.2) is 104 Å². The second kappa shape index (κ2) is 12.6. The number of amides is 1. The summed E-state index contributed by atoms with van der Waals surface area (Å²) in [7, 11) is 3.93. The second-order valence-electron chi connectivity index (χ2n) is 12.8. The summed E-state index contributed by atoms with van der Waals surface area (Å²) >= 11 is 0. The molecule has 1 aliphatic carbocycles. The van der Waals surface area contributed by atoms with Crippen molar-refractivity contribution in [2.24, 2.45) is 5.92 Å². The summed E-state index contributed by atoms with van der Waals surface area (Å²) in [6, 6.07) is 9.03. The predicted octanol–water partition coefficient (Wildman–Crippen LogP) is 2.20. The monoisotopic (exact) mass is 578 g/mol. The largest absolute Gasteiger partial charge is 0.496 e. The minimum absolute atomic E-state index is 0.0764. The third kappa shape index (κ3) is 5.83. The van der Waals surface area contributed by atoms with E-state index in [-0.39, 0.29) is 36.1 Å². The van der Waals surface area contributed by atoms with E-state index in [4.69, 9.17) is 14.2 Å². The number of ether oxygens (including phenoxy) is 3. The number of methoxy groups -OCH3 is 1. The maximum Gasteiger partial charge on any atom is 0.246 e. The van der Waals surface area contributed by atoms with Gasteiger partial charge in [-0.3, -0.25) is 20.3 Å². The molecule has 1 aromatic carbocycles. The van der Waals surface area contributed by atoms with E-state index in [1.807, 2.05) is 11.0 Å². The summed E-state index contributed by atoms with van der Waals surface area (Å²) in [5, 5.41) is 17.2. The zero-order valence-electron chi connectivity index (χ0n) is 25.1. The van der Waals surface area contributed by atoms with E-state index in [0.29, 0.717) is 44.7 Å². The van der Waals surface area contributed by atoms with Crippen molar-refractivity contribution < 1.29 is 19.0 Å². The topological polar surface area (TPSA) is 102 Å². The molecule has 4 fully saturated rings. The summed E-state index contributed by atoms with van der Waals surface area (Å²) in [4.78, 5) is 19.2. The molecule has 0 aromatic heterocycles. The van der Waals surface area contributed by atoms with Crippen LogP contribution in [0, 0.1) is 17.2 Å². The van der Waals surface area contributed by atoms with Crippen LogP contribution in [0.25, 0.3) is 0 Å². The summed E-state index contributed by atoms with van der Waals surface area (Å²) in [6.07, 6.45) is 7.55. The van der Waals surface area contributed by atoms with Gasteiger partial charge >= 0.3 is 0 Å². The van der Waals surface area contributed by atoms with Crippen LogP contribution in [0.1, 0.15) is 49.7 Å². The van der Waals surface area contributed by atoms with Crippen LogP contribution in [0.3, 0.4) is 0 Å². The fraction of sp³-hybridized carbons (Fsp3) is 0.688. The molecule has 3 saturated heterocycles. The third-order valence-electron chi connectivity index (χ3n) is 10.4. The van der Waals surface area contributed by atoms with Crippen LogP contribution in [-0.2, 0) is 27.3 Å². The molecule has 228 valence electrons. The molecule has 6 unspecified atom stereocenters. The first kappa shape index (κ1) is 29.5. The normalized spacial score (nSPS) is 35.3. The zero-order chi connectivity index (χ0) is 29.3. The van der Waals surface area contributed by atoms with Gasteiger partial charge in [-0.15, -0.1) is 0 Å². The van der Waals surface area contributed by atoms with Crippen LogP contribution in [0.2, 0.25) is 0 Å². The van der Waals surface area contributed by atoms with Gasteiger partial charge in [0.2, 0.25) is 5.91 Å². The predicted molar refractivity (Wildman–Crippen MR) is 158 cm³/mol. The number of hydrogen-bond acceptors (Lipinski definition) is 9. The number of rotatable bonds is 7. The quantitative estimate of drug-likeness (QED) is 0.472. The zero-order valence-corrected chi connectivity index (χ0v) is 25.1. The number of benzene rings is 1. The summed E-state index contributed by atoms with van der Waals surface area (Å²) in [6.45, 7) is 8.06. The summed E-state index contributed by atoms with van der Waals surface area (Å²) in [5.74, 6) is 1.19. The molecule has 10 heteroatoms. The first-order valence-electron chi connectivity index (χ1n) is 15.6. The van der Waals surface area contributed by atoms with Gasteiger partial charge in [-0.1, -0.05) is 18.7 Å². The van der Waals surface area contributed by atoms with Gasteiger partial charge in [0.1, 0.15) is 5.75 Å². The Morgan fingerprint density at radius 2 is 2.14 bits per heavy atom. The van der Waals surface area contributed by atoms with Gasteiger partial charge in [-0.25, -0.2) is 0 Å². The van der Waals surface area contributed by atoms with E-state index in [0.717, 1.165) is 50.9 Å². The van der Waals surface area contributed by atoms with Gasteiger partial charge in [-0.05, 0) is 63.4 Å². The lowest BCUT2D eigenvalue weighted by Gasteiger charge is -2.56. The van der Waals surface area contributed by atoms with E-state index in [1.54, 1.807) is 7.11 Å². The Labute approximate surface area is 249 Å². The van der Waals surface area contributed by atoms with Crippen LogP contribution < -0.4 is 15.4 Å². The average molecular weight is 579 g/mol. The molecule has 7 atom stereocenters. The second-order valence-corrected chi connectivity index (χ2v) is 12.8. The van der Waals surface area contributed by atoms with Crippen molar-refractivity contribution >= 4 is 5.91 Å². The van der Waals surface area contributed by atoms with Gasteiger partial charge in [0.05, 0.1) is 50.6 Å². The number of fused-ring (bicyclic) bond motifs is 2. The van der Waals surface area contributed by atoms with Crippen LogP contribution in [0.4, 0.5) is 0 Å². The maximum absolute atomic E-state index is 12.6. The Hall–Kier alpha value is -2.52. The number of likely N-dealkylation sites (N-methyl/N-ethyl adjacent to an activating group) is 1. The number of nitriles is 1. The van der Waals surface area contributed by atoms with Crippen molar-refractivity contribution in [2.75, 3.05) is 46.9 Å². The highest BCUT2D eigenvalue weighted by atomic mass is 16.5.